The van der Waals surface area contributed by atoms with Crippen LogP contribution in [0.4, 0.5) is 0 Å². The zero-order valence-corrected chi connectivity index (χ0v) is 22.6. The first-order chi connectivity index (χ1) is 16.2. The monoisotopic (exact) mass is 477 g/mol. The number of carbonyl (C=O) groups excluding carboxylic acids is 1. The minimum Gasteiger partial charge on any atom is -0.466 e. The van der Waals surface area contributed by atoms with Gasteiger partial charge in [-0.05, 0) is 112 Å². The molecular formula is C29H51NO4. The van der Waals surface area contributed by atoms with E-state index in [1.807, 2.05) is 13.8 Å². The normalized spacial score (nSPS) is 46.0. The molecule has 5 nitrogen and oxygen atoms in total. The first-order valence-electron chi connectivity index (χ1n) is 14.3. The summed E-state index contributed by atoms with van der Waals surface area (Å²) in [6.07, 6.45) is 8.23. The highest BCUT2D eigenvalue weighted by molar-refractivity contribution is 5.74. The summed E-state index contributed by atoms with van der Waals surface area (Å²) in [5, 5.41) is 14.9. The van der Waals surface area contributed by atoms with Crippen LogP contribution in [0.3, 0.4) is 0 Å². The van der Waals surface area contributed by atoms with E-state index in [2.05, 4.69) is 33.0 Å². The number of ether oxygens (including phenoxy) is 2. The van der Waals surface area contributed by atoms with Crippen LogP contribution in [0.25, 0.3) is 0 Å². The number of carbonyl (C=O) groups is 1. The molecule has 0 aromatic carbocycles. The van der Waals surface area contributed by atoms with Crippen molar-refractivity contribution in [3.05, 3.63) is 0 Å². The fourth-order valence-corrected chi connectivity index (χ4v) is 9.21. The molecule has 4 rings (SSSR count). The van der Waals surface area contributed by atoms with Crippen LogP contribution in [-0.2, 0) is 14.3 Å². The Hall–Kier alpha value is -0.650. The smallest absolute Gasteiger partial charge is 0.309 e. The van der Waals surface area contributed by atoms with E-state index in [0.717, 1.165) is 38.6 Å². The van der Waals surface area contributed by atoms with E-state index in [1.165, 1.54) is 19.3 Å². The third-order valence-corrected chi connectivity index (χ3v) is 10.7. The number of nitrogens with one attached hydrogen (secondary N) is 1. The number of hydrogen-bond acceptors (Lipinski definition) is 5. The van der Waals surface area contributed by atoms with E-state index in [0.29, 0.717) is 48.8 Å². The molecule has 0 radical (unpaired) electrons. The lowest BCUT2D eigenvalue weighted by Crippen LogP contribution is -2.64. The largest absolute Gasteiger partial charge is 0.466 e. The van der Waals surface area contributed by atoms with Crippen LogP contribution >= 0.6 is 0 Å². The number of aliphatic hydroxyl groups excluding tert-OH is 1. The van der Waals surface area contributed by atoms with E-state index >= 15 is 0 Å². The second-order valence-electron chi connectivity index (χ2n) is 12.9. The highest BCUT2D eigenvalue weighted by atomic mass is 16.5. The van der Waals surface area contributed by atoms with E-state index in [1.54, 1.807) is 0 Å². The van der Waals surface area contributed by atoms with Gasteiger partial charge in [-0.1, -0.05) is 27.7 Å². The molecule has 5 heteroatoms. The van der Waals surface area contributed by atoms with Crippen LogP contribution in [0.2, 0.25) is 0 Å². The Kier molecular flexibility index (Phi) is 8.06. The molecule has 5 unspecified atom stereocenters. The number of fused-ring (bicyclic) bond motifs is 5. The summed E-state index contributed by atoms with van der Waals surface area (Å²) in [7, 11) is 0. The number of esters is 1. The van der Waals surface area contributed by atoms with Gasteiger partial charge in [-0.2, -0.15) is 0 Å². The zero-order chi connectivity index (χ0) is 24.7. The maximum absolute atomic E-state index is 13.0. The van der Waals surface area contributed by atoms with Gasteiger partial charge in [0.15, 0.2) is 0 Å². The SMILES string of the molecule is CCOC(=O)C1CC[C@H]2[C@@H]3CCC4CC(O)C(OCC)C[C@]4(C)[C@@H]3C(NCCC(C)C)C[C@]12C. The highest BCUT2D eigenvalue weighted by Gasteiger charge is 2.65. The van der Waals surface area contributed by atoms with Crippen LogP contribution in [0.5, 0.6) is 0 Å². The first-order valence-corrected chi connectivity index (χ1v) is 14.3. The fourth-order valence-electron chi connectivity index (χ4n) is 9.21. The lowest BCUT2D eigenvalue weighted by atomic mass is 9.43. The summed E-state index contributed by atoms with van der Waals surface area (Å²) in [4.78, 5) is 13.0. The topological polar surface area (TPSA) is 67.8 Å². The van der Waals surface area contributed by atoms with Gasteiger partial charge < -0.3 is 19.9 Å². The zero-order valence-electron chi connectivity index (χ0n) is 22.6. The maximum Gasteiger partial charge on any atom is 0.309 e. The van der Waals surface area contributed by atoms with E-state index in [4.69, 9.17) is 9.47 Å². The summed E-state index contributed by atoms with van der Waals surface area (Å²) in [5.74, 6) is 3.09. The van der Waals surface area contributed by atoms with Crippen molar-refractivity contribution in [1.82, 2.24) is 5.32 Å². The summed E-state index contributed by atoms with van der Waals surface area (Å²) >= 11 is 0. The van der Waals surface area contributed by atoms with Crippen LogP contribution in [0.15, 0.2) is 0 Å². The van der Waals surface area contributed by atoms with Crippen molar-refractivity contribution in [2.24, 2.45) is 46.3 Å². The Labute approximate surface area is 208 Å². The second-order valence-corrected chi connectivity index (χ2v) is 12.9. The van der Waals surface area contributed by atoms with Gasteiger partial charge in [-0.15, -0.1) is 0 Å². The molecule has 0 aromatic rings. The van der Waals surface area contributed by atoms with Gasteiger partial charge in [-0.25, -0.2) is 0 Å². The average molecular weight is 478 g/mol. The van der Waals surface area contributed by atoms with Gasteiger partial charge in [0.25, 0.3) is 0 Å². The van der Waals surface area contributed by atoms with Crippen molar-refractivity contribution in [3.63, 3.8) is 0 Å². The molecule has 0 aromatic heterocycles. The van der Waals surface area contributed by atoms with E-state index in [-0.39, 0.29) is 34.9 Å². The Morgan fingerprint density at radius 3 is 2.50 bits per heavy atom. The molecule has 4 fully saturated rings. The average Bonchev–Trinajstić information content (AvgIpc) is 3.11. The van der Waals surface area contributed by atoms with Gasteiger partial charge in [0, 0.05) is 12.6 Å². The summed E-state index contributed by atoms with van der Waals surface area (Å²) in [5.41, 5.74) is 0.181. The Morgan fingerprint density at radius 1 is 1.06 bits per heavy atom. The predicted molar refractivity (Wildman–Crippen MR) is 135 cm³/mol. The van der Waals surface area contributed by atoms with Crippen LogP contribution < -0.4 is 5.32 Å². The van der Waals surface area contributed by atoms with Crippen molar-refractivity contribution in [2.75, 3.05) is 19.8 Å². The van der Waals surface area contributed by atoms with Gasteiger partial charge in [0.2, 0.25) is 0 Å². The quantitative estimate of drug-likeness (QED) is 0.471. The van der Waals surface area contributed by atoms with Gasteiger partial charge in [0.05, 0.1) is 24.7 Å². The summed E-state index contributed by atoms with van der Waals surface area (Å²) in [6.45, 7) is 15.6. The standard InChI is InChI=1S/C29H51NO4/c1-7-33-25-17-28(5)19(15-24(25)31)9-10-20-21-11-12-22(27(32)34-8-2)29(21,6)16-23(26(20)28)30-14-13-18(3)4/h18-26,30-31H,7-17H2,1-6H3/t19?,20-,21-,22?,23?,24?,25?,26-,28-,29-/m0/s1. The van der Waals surface area contributed by atoms with Crippen LogP contribution in [-0.4, -0.2) is 49.1 Å². The molecule has 0 amide bonds. The van der Waals surface area contributed by atoms with Crippen molar-refractivity contribution in [3.8, 4) is 0 Å². The molecule has 0 saturated heterocycles. The molecular weight excluding hydrogens is 426 g/mol. The molecule has 34 heavy (non-hydrogen) atoms. The molecule has 4 aliphatic carbocycles. The van der Waals surface area contributed by atoms with E-state index < -0.39 is 0 Å². The van der Waals surface area contributed by atoms with Gasteiger partial charge in [-0.3, -0.25) is 4.79 Å². The van der Waals surface area contributed by atoms with Crippen LogP contribution in [0, 0.1) is 46.3 Å². The summed E-state index contributed by atoms with van der Waals surface area (Å²) in [6, 6.07) is 0.408. The molecule has 2 N–H and O–H groups in total. The Bertz CT molecular complexity index is 712. The summed E-state index contributed by atoms with van der Waals surface area (Å²) < 4.78 is 11.7. The lowest BCUT2D eigenvalue weighted by molar-refractivity contribution is -0.183. The minimum atomic E-state index is -0.338. The molecule has 0 spiro atoms. The fraction of sp³-hybridized carbons (Fsp3) is 0.966. The molecule has 0 bridgehead atoms. The second kappa shape index (κ2) is 10.4. The van der Waals surface area contributed by atoms with Crippen molar-refractivity contribution in [1.29, 1.82) is 0 Å². The lowest BCUT2D eigenvalue weighted by Gasteiger charge is -2.64. The molecule has 10 atom stereocenters. The highest BCUT2D eigenvalue weighted by Crippen LogP contribution is 2.67. The number of hydrogen-bond donors (Lipinski definition) is 2. The molecule has 196 valence electrons. The Morgan fingerprint density at radius 2 is 1.82 bits per heavy atom. The van der Waals surface area contributed by atoms with Crippen molar-refractivity contribution in [2.45, 2.75) is 111 Å². The number of aliphatic hydroxyl groups is 1. The maximum atomic E-state index is 13.0. The predicted octanol–water partition coefficient (Wildman–Crippen LogP) is 5.20. The van der Waals surface area contributed by atoms with E-state index in [9.17, 15) is 9.90 Å². The van der Waals surface area contributed by atoms with Crippen LogP contribution in [0.1, 0.15) is 92.9 Å². The van der Waals surface area contributed by atoms with Crippen molar-refractivity contribution < 1.29 is 19.4 Å². The minimum absolute atomic E-state index is 0.0135. The van der Waals surface area contributed by atoms with Gasteiger partial charge in [0.1, 0.15) is 0 Å². The van der Waals surface area contributed by atoms with Crippen molar-refractivity contribution >= 4 is 5.97 Å². The Balaban J connectivity index is 1.66. The molecule has 0 aliphatic heterocycles. The number of rotatable bonds is 8. The third-order valence-electron chi connectivity index (χ3n) is 10.7. The molecule has 4 aliphatic rings. The molecule has 0 heterocycles. The third kappa shape index (κ3) is 4.59. The first kappa shape index (κ1) is 26.4. The molecule has 4 saturated carbocycles. The van der Waals surface area contributed by atoms with Gasteiger partial charge >= 0.3 is 5.97 Å².